The lowest BCUT2D eigenvalue weighted by atomic mass is 10.3. The van der Waals surface area contributed by atoms with Crippen LogP contribution in [0.3, 0.4) is 0 Å². The minimum Gasteiger partial charge on any atom is -0.455 e. The van der Waals surface area contributed by atoms with Crippen LogP contribution in [0.5, 0.6) is 11.5 Å². The van der Waals surface area contributed by atoms with Crippen LogP contribution in [0.4, 0.5) is 0 Å². The molecule has 2 N–H and O–H groups in total. The van der Waals surface area contributed by atoms with Gasteiger partial charge < -0.3 is 10.5 Å². The molecule has 2 heterocycles. The lowest BCUT2D eigenvalue weighted by Gasteiger charge is -2.07. The fourth-order valence-electron chi connectivity index (χ4n) is 1.20. The second-order valence-electron chi connectivity index (χ2n) is 2.94. The first-order chi connectivity index (χ1) is 7.40. The molecule has 2 aromatic heterocycles. The molecule has 76 valence electrons. The maximum Gasteiger partial charge on any atom is 0.150 e. The van der Waals surface area contributed by atoms with Crippen molar-refractivity contribution in [2.45, 2.75) is 6.54 Å². The zero-order valence-corrected chi connectivity index (χ0v) is 8.13. The molecule has 15 heavy (non-hydrogen) atoms. The normalized spacial score (nSPS) is 9.93. The lowest BCUT2D eigenvalue weighted by Crippen LogP contribution is -2.01. The van der Waals surface area contributed by atoms with E-state index in [9.17, 15) is 0 Å². The molecule has 2 aromatic rings. The van der Waals surface area contributed by atoms with Gasteiger partial charge in [-0.05, 0) is 24.3 Å². The smallest absolute Gasteiger partial charge is 0.150 e. The Balaban J connectivity index is 2.24. The van der Waals surface area contributed by atoms with E-state index >= 15 is 0 Å². The Morgan fingerprint density at radius 2 is 1.93 bits per heavy atom. The maximum atomic E-state index is 5.62. The van der Waals surface area contributed by atoms with Crippen molar-refractivity contribution in [1.82, 2.24) is 9.97 Å². The molecule has 0 radical (unpaired) electrons. The van der Waals surface area contributed by atoms with E-state index in [2.05, 4.69) is 9.97 Å². The fourth-order valence-corrected chi connectivity index (χ4v) is 1.20. The molecule has 0 saturated heterocycles. The Morgan fingerprint density at radius 1 is 1.13 bits per heavy atom. The molecule has 2 rings (SSSR count). The van der Waals surface area contributed by atoms with Crippen molar-refractivity contribution in [3.63, 3.8) is 0 Å². The SMILES string of the molecule is NCc1ncccc1Oc1ccncc1. The van der Waals surface area contributed by atoms with E-state index < -0.39 is 0 Å². The molecular formula is C11H11N3O. The maximum absolute atomic E-state index is 5.62. The Morgan fingerprint density at radius 3 is 2.67 bits per heavy atom. The summed E-state index contributed by atoms with van der Waals surface area (Å²) in [7, 11) is 0. The highest BCUT2D eigenvalue weighted by atomic mass is 16.5. The minimum atomic E-state index is 0.362. The van der Waals surface area contributed by atoms with Crippen molar-refractivity contribution in [2.75, 3.05) is 0 Å². The molecule has 0 aliphatic rings. The summed E-state index contributed by atoms with van der Waals surface area (Å²) in [5.74, 6) is 1.42. The summed E-state index contributed by atoms with van der Waals surface area (Å²) in [6, 6.07) is 7.23. The summed E-state index contributed by atoms with van der Waals surface area (Å²) in [5, 5.41) is 0. The van der Waals surface area contributed by atoms with Gasteiger partial charge in [0.25, 0.3) is 0 Å². The molecule has 4 heteroatoms. The van der Waals surface area contributed by atoms with Crippen molar-refractivity contribution in [3.8, 4) is 11.5 Å². The topological polar surface area (TPSA) is 61.0 Å². The molecule has 4 nitrogen and oxygen atoms in total. The van der Waals surface area contributed by atoms with E-state index in [0.717, 1.165) is 11.4 Å². The predicted octanol–water partition coefficient (Wildman–Crippen LogP) is 1.73. The van der Waals surface area contributed by atoms with E-state index in [1.54, 1.807) is 30.7 Å². The molecule has 0 aromatic carbocycles. The quantitative estimate of drug-likeness (QED) is 0.821. The van der Waals surface area contributed by atoms with Crippen molar-refractivity contribution in [1.29, 1.82) is 0 Å². The number of rotatable bonds is 3. The lowest BCUT2D eigenvalue weighted by molar-refractivity contribution is 0.472. The minimum absolute atomic E-state index is 0.362. The zero-order chi connectivity index (χ0) is 10.5. The van der Waals surface area contributed by atoms with Gasteiger partial charge in [0.2, 0.25) is 0 Å². The second kappa shape index (κ2) is 4.52. The summed E-state index contributed by atoms with van der Waals surface area (Å²) in [6.07, 6.45) is 5.04. The predicted molar refractivity (Wildman–Crippen MR) is 56.4 cm³/mol. The standard InChI is InChI=1S/C11H11N3O/c12-8-10-11(2-1-5-14-10)15-9-3-6-13-7-4-9/h1-7H,8,12H2. The zero-order valence-electron chi connectivity index (χ0n) is 8.13. The first kappa shape index (κ1) is 9.61. The van der Waals surface area contributed by atoms with Crippen LogP contribution in [0.2, 0.25) is 0 Å². The number of nitrogens with zero attached hydrogens (tertiary/aromatic N) is 2. The van der Waals surface area contributed by atoms with Gasteiger partial charge >= 0.3 is 0 Å². The molecule has 0 saturated carbocycles. The first-order valence-electron chi connectivity index (χ1n) is 4.62. The van der Waals surface area contributed by atoms with Crippen LogP contribution in [-0.4, -0.2) is 9.97 Å². The Labute approximate surface area is 87.7 Å². The third-order valence-corrected chi connectivity index (χ3v) is 1.92. The highest BCUT2D eigenvalue weighted by Crippen LogP contribution is 2.22. The average Bonchev–Trinajstić information content (AvgIpc) is 2.31. The first-order valence-corrected chi connectivity index (χ1v) is 4.62. The van der Waals surface area contributed by atoms with Gasteiger partial charge in [-0.3, -0.25) is 9.97 Å². The van der Waals surface area contributed by atoms with E-state index in [-0.39, 0.29) is 0 Å². The number of hydrogen-bond donors (Lipinski definition) is 1. The highest BCUT2D eigenvalue weighted by molar-refractivity contribution is 5.32. The molecule has 0 bridgehead atoms. The van der Waals surface area contributed by atoms with Gasteiger partial charge in [-0.15, -0.1) is 0 Å². The number of nitrogens with two attached hydrogens (primary N) is 1. The van der Waals surface area contributed by atoms with Crippen molar-refractivity contribution in [3.05, 3.63) is 48.5 Å². The van der Waals surface area contributed by atoms with Crippen LogP contribution < -0.4 is 10.5 Å². The summed E-state index contributed by atoms with van der Waals surface area (Å²) in [6.45, 7) is 0.362. The molecule has 0 amide bonds. The largest absolute Gasteiger partial charge is 0.455 e. The van der Waals surface area contributed by atoms with Gasteiger partial charge in [0, 0.05) is 25.1 Å². The Bertz CT molecular complexity index is 431. The highest BCUT2D eigenvalue weighted by Gasteiger charge is 2.03. The molecule has 0 fully saturated rings. The monoisotopic (exact) mass is 201 g/mol. The molecule has 0 aliphatic carbocycles. The molecule has 0 atom stereocenters. The summed E-state index contributed by atoms with van der Waals surface area (Å²) in [5.41, 5.74) is 6.29. The third-order valence-electron chi connectivity index (χ3n) is 1.92. The van der Waals surface area contributed by atoms with Gasteiger partial charge in [0.05, 0.1) is 5.69 Å². The average molecular weight is 201 g/mol. The van der Waals surface area contributed by atoms with Gasteiger partial charge in [-0.1, -0.05) is 0 Å². The molecule has 0 aliphatic heterocycles. The summed E-state index contributed by atoms with van der Waals surface area (Å²) in [4.78, 5) is 8.04. The van der Waals surface area contributed by atoms with E-state index in [4.69, 9.17) is 10.5 Å². The number of pyridine rings is 2. The van der Waals surface area contributed by atoms with Crippen molar-refractivity contribution in [2.24, 2.45) is 5.73 Å². The molecule has 0 unspecified atom stereocenters. The van der Waals surface area contributed by atoms with Crippen molar-refractivity contribution >= 4 is 0 Å². The Kier molecular flexibility index (Phi) is 2.90. The fraction of sp³-hybridized carbons (Fsp3) is 0.0909. The molecule has 0 spiro atoms. The van der Waals surface area contributed by atoms with Crippen molar-refractivity contribution < 1.29 is 4.74 Å². The van der Waals surface area contributed by atoms with E-state index in [1.165, 1.54) is 0 Å². The van der Waals surface area contributed by atoms with Gasteiger partial charge in [0.1, 0.15) is 11.5 Å². The van der Waals surface area contributed by atoms with Gasteiger partial charge in [0.15, 0.2) is 0 Å². The van der Waals surface area contributed by atoms with Gasteiger partial charge in [-0.2, -0.15) is 0 Å². The summed E-state index contributed by atoms with van der Waals surface area (Å²) >= 11 is 0. The van der Waals surface area contributed by atoms with Crippen LogP contribution in [0.15, 0.2) is 42.9 Å². The number of hydrogen-bond acceptors (Lipinski definition) is 4. The van der Waals surface area contributed by atoms with Crippen LogP contribution in [0.1, 0.15) is 5.69 Å². The number of ether oxygens (including phenoxy) is 1. The van der Waals surface area contributed by atoms with Crippen LogP contribution in [-0.2, 0) is 6.54 Å². The van der Waals surface area contributed by atoms with Crippen LogP contribution in [0, 0.1) is 0 Å². The Hall–Kier alpha value is -1.94. The van der Waals surface area contributed by atoms with Crippen LogP contribution >= 0.6 is 0 Å². The second-order valence-corrected chi connectivity index (χ2v) is 2.94. The van der Waals surface area contributed by atoms with Crippen LogP contribution in [0.25, 0.3) is 0 Å². The molecular weight excluding hydrogens is 190 g/mol. The van der Waals surface area contributed by atoms with Gasteiger partial charge in [-0.25, -0.2) is 0 Å². The number of aromatic nitrogens is 2. The summed E-state index contributed by atoms with van der Waals surface area (Å²) < 4.78 is 5.62. The third kappa shape index (κ3) is 2.30. The van der Waals surface area contributed by atoms with E-state index in [0.29, 0.717) is 12.3 Å². The van der Waals surface area contributed by atoms with E-state index in [1.807, 2.05) is 12.1 Å².